The van der Waals surface area contributed by atoms with Gasteiger partial charge in [-0.15, -0.1) is 11.3 Å². The smallest absolute Gasteiger partial charge is 0.351 e. The van der Waals surface area contributed by atoms with Crippen LogP contribution in [-0.4, -0.2) is 41.0 Å². The van der Waals surface area contributed by atoms with Gasteiger partial charge in [0.1, 0.15) is 23.2 Å². The fourth-order valence-corrected chi connectivity index (χ4v) is 6.85. The van der Waals surface area contributed by atoms with Gasteiger partial charge in [-0.05, 0) is 57.1 Å². The average molecular weight is 578 g/mol. The Morgan fingerprint density at radius 1 is 1.24 bits per heavy atom. The number of thioether (sulfide) groups is 1. The standard InChI is InChI=1S/C27H26ClF2N3O3S2/c1-16(19-5-3-4-6-20(19)28)36-23-14-24(37-25(23)26(34)35-2)33-15-32-21-8-7-17(13-22(21)33)27(29,30)38-18-9-11-31-12-10-18/h3-8,13-16,18,31H,9-12H2,1-2H3. The Hall–Kier alpha value is -2.66. The number of carbonyl (C=O) groups excluding carboxylic acids is 1. The van der Waals surface area contributed by atoms with E-state index in [1.807, 2.05) is 25.1 Å². The third-order valence-corrected chi connectivity index (χ3v) is 9.20. The van der Waals surface area contributed by atoms with E-state index in [1.54, 1.807) is 29.1 Å². The second kappa shape index (κ2) is 11.2. The highest BCUT2D eigenvalue weighted by atomic mass is 35.5. The van der Waals surface area contributed by atoms with Gasteiger partial charge in [-0.1, -0.05) is 41.6 Å². The van der Waals surface area contributed by atoms with Crippen LogP contribution in [0.25, 0.3) is 16.0 Å². The first-order valence-corrected chi connectivity index (χ1v) is 14.2. The van der Waals surface area contributed by atoms with Crippen molar-refractivity contribution in [2.45, 2.75) is 36.4 Å². The number of piperidine rings is 1. The van der Waals surface area contributed by atoms with E-state index in [4.69, 9.17) is 21.1 Å². The normalized spacial score (nSPS) is 15.5. The van der Waals surface area contributed by atoms with Crippen LogP contribution in [-0.2, 0) is 9.99 Å². The molecular weight excluding hydrogens is 552 g/mol. The molecule has 200 valence electrons. The Balaban J connectivity index is 1.48. The Bertz CT molecular complexity index is 1450. The van der Waals surface area contributed by atoms with Gasteiger partial charge in [0.05, 0.1) is 18.1 Å². The Morgan fingerprint density at radius 2 is 2.00 bits per heavy atom. The highest BCUT2D eigenvalue weighted by molar-refractivity contribution is 8.00. The minimum Gasteiger partial charge on any atom is -0.484 e. The molecule has 1 unspecified atom stereocenters. The van der Waals surface area contributed by atoms with Crippen molar-refractivity contribution in [3.8, 4) is 10.8 Å². The highest BCUT2D eigenvalue weighted by Crippen LogP contribution is 2.45. The first-order chi connectivity index (χ1) is 18.3. The number of methoxy groups -OCH3 is 1. The van der Waals surface area contributed by atoms with Crippen molar-refractivity contribution in [1.29, 1.82) is 0 Å². The molecule has 0 spiro atoms. The number of imidazole rings is 1. The number of esters is 1. The largest absolute Gasteiger partial charge is 0.484 e. The summed E-state index contributed by atoms with van der Waals surface area (Å²) in [6.45, 7) is 3.33. The van der Waals surface area contributed by atoms with E-state index in [0.29, 0.717) is 51.4 Å². The molecule has 0 saturated carbocycles. The molecule has 0 radical (unpaired) electrons. The van der Waals surface area contributed by atoms with Gasteiger partial charge in [-0.25, -0.2) is 9.78 Å². The third kappa shape index (κ3) is 5.54. The van der Waals surface area contributed by atoms with Crippen molar-refractivity contribution >= 4 is 51.7 Å². The van der Waals surface area contributed by atoms with E-state index < -0.39 is 17.3 Å². The maximum absolute atomic E-state index is 15.3. The maximum Gasteiger partial charge on any atom is 0.351 e. The number of aromatic nitrogens is 2. The van der Waals surface area contributed by atoms with Crippen LogP contribution in [0.5, 0.6) is 5.75 Å². The second-order valence-electron chi connectivity index (χ2n) is 8.95. The molecule has 0 bridgehead atoms. The number of ether oxygens (including phenoxy) is 2. The summed E-state index contributed by atoms with van der Waals surface area (Å²) in [5.74, 6) is -0.244. The summed E-state index contributed by atoms with van der Waals surface area (Å²) >= 11 is 8.19. The first kappa shape index (κ1) is 26.9. The summed E-state index contributed by atoms with van der Waals surface area (Å²) < 4.78 is 43.4. The summed E-state index contributed by atoms with van der Waals surface area (Å²) in [5.41, 5.74) is 1.76. The van der Waals surface area contributed by atoms with E-state index in [1.165, 1.54) is 19.2 Å². The number of carbonyl (C=O) groups is 1. The molecule has 2 aromatic carbocycles. The van der Waals surface area contributed by atoms with Crippen LogP contribution in [0.1, 0.15) is 46.7 Å². The third-order valence-electron chi connectivity index (χ3n) is 6.42. The van der Waals surface area contributed by atoms with Crippen molar-refractivity contribution in [3.05, 3.63) is 75.9 Å². The summed E-state index contributed by atoms with van der Waals surface area (Å²) in [7, 11) is 1.30. The van der Waals surface area contributed by atoms with E-state index in [-0.39, 0.29) is 15.7 Å². The number of nitrogens with zero attached hydrogens (tertiary/aromatic N) is 2. The fraction of sp³-hybridized carbons (Fsp3) is 0.333. The molecule has 2 aromatic heterocycles. The summed E-state index contributed by atoms with van der Waals surface area (Å²) in [6, 6.07) is 13.5. The number of fused-ring (bicyclic) bond motifs is 1. The van der Waals surface area contributed by atoms with Gasteiger partial charge in [-0.2, -0.15) is 8.78 Å². The van der Waals surface area contributed by atoms with Gasteiger partial charge in [-0.3, -0.25) is 4.57 Å². The topological polar surface area (TPSA) is 65.4 Å². The van der Waals surface area contributed by atoms with Crippen molar-refractivity contribution in [2.75, 3.05) is 20.2 Å². The van der Waals surface area contributed by atoms with E-state index >= 15 is 8.78 Å². The van der Waals surface area contributed by atoms with Crippen LogP contribution >= 0.6 is 34.7 Å². The fourth-order valence-electron chi connectivity index (χ4n) is 4.42. The molecule has 1 atom stereocenters. The lowest BCUT2D eigenvalue weighted by Crippen LogP contribution is -2.31. The van der Waals surface area contributed by atoms with Crippen LogP contribution < -0.4 is 10.1 Å². The van der Waals surface area contributed by atoms with Gasteiger partial charge >= 0.3 is 11.2 Å². The van der Waals surface area contributed by atoms with Crippen LogP contribution in [0, 0.1) is 0 Å². The quantitative estimate of drug-likeness (QED) is 0.223. The number of alkyl halides is 2. The molecule has 1 fully saturated rings. The Labute approximate surface area is 232 Å². The number of hydrogen-bond donors (Lipinski definition) is 1. The minimum absolute atomic E-state index is 0.0798. The molecule has 1 N–H and O–H groups in total. The van der Waals surface area contributed by atoms with E-state index in [9.17, 15) is 4.79 Å². The molecule has 4 aromatic rings. The van der Waals surface area contributed by atoms with Gasteiger partial charge in [0.2, 0.25) is 0 Å². The summed E-state index contributed by atoms with van der Waals surface area (Å²) in [4.78, 5) is 17.2. The molecule has 6 nitrogen and oxygen atoms in total. The molecular formula is C27H26ClF2N3O3S2. The predicted octanol–water partition coefficient (Wildman–Crippen LogP) is 7.20. The number of nitrogens with one attached hydrogen (secondary N) is 1. The molecule has 3 heterocycles. The van der Waals surface area contributed by atoms with Gasteiger partial charge in [0, 0.05) is 27.5 Å². The lowest BCUT2D eigenvalue weighted by molar-refractivity contribution is 0.0600. The number of hydrogen-bond acceptors (Lipinski definition) is 7. The number of thiophene rings is 1. The second-order valence-corrected chi connectivity index (χ2v) is 11.8. The van der Waals surface area contributed by atoms with Crippen molar-refractivity contribution < 1.29 is 23.0 Å². The molecule has 38 heavy (non-hydrogen) atoms. The number of halogens is 3. The van der Waals surface area contributed by atoms with Crippen molar-refractivity contribution in [3.63, 3.8) is 0 Å². The summed E-state index contributed by atoms with van der Waals surface area (Å²) in [6.07, 6.45) is 2.52. The molecule has 1 saturated heterocycles. The van der Waals surface area contributed by atoms with E-state index in [0.717, 1.165) is 30.0 Å². The zero-order valence-electron chi connectivity index (χ0n) is 20.7. The minimum atomic E-state index is -3.05. The lowest BCUT2D eigenvalue weighted by Gasteiger charge is -2.26. The number of benzene rings is 2. The zero-order valence-corrected chi connectivity index (χ0v) is 23.1. The SMILES string of the molecule is COC(=O)c1sc(-n2cnc3ccc(C(F)(F)SC4CCNCC4)cc32)cc1OC(C)c1ccccc1Cl. The first-order valence-electron chi connectivity index (χ1n) is 12.1. The molecule has 5 rings (SSSR count). The Kier molecular flexibility index (Phi) is 7.95. The van der Waals surface area contributed by atoms with Gasteiger partial charge in [0.15, 0.2) is 4.88 Å². The zero-order chi connectivity index (χ0) is 26.9. The highest BCUT2D eigenvalue weighted by Gasteiger charge is 2.36. The maximum atomic E-state index is 15.3. The predicted molar refractivity (Wildman–Crippen MR) is 148 cm³/mol. The van der Waals surface area contributed by atoms with Gasteiger partial charge < -0.3 is 14.8 Å². The summed E-state index contributed by atoms with van der Waals surface area (Å²) in [5, 5.41) is 1.19. The van der Waals surface area contributed by atoms with Crippen LogP contribution in [0.15, 0.2) is 54.9 Å². The van der Waals surface area contributed by atoms with Crippen LogP contribution in [0.4, 0.5) is 8.78 Å². The van der Waals surface area contributed by atoms with Crippen LogP contribution in [0.3, 0.4) is 0 Å². The monoisotopic (exact) mass is 577 g/mol. The lowest BCUT2D eigenvalue weighted by atomic mass is 10.1. The van der Waals surface area contributed by atoms with Crippen LogP contribution in [0.2, 0.25) is 5.02 Å². The van der Waals surface area contributed by atoms with Gasteiger partial charge in [0.25, 0.3) is 0 Å². The molecule has 1 aliphatic rings. The van der Waals surface area contributed by atoms with Crippen molar-refractivity contribution in [1.82, 2.24) is 14.9 Å². The van der Waals surface area contributed by atoms with E-state index in [2.05, 4.69) is 10.3 Å². The number of rotatable bonds is 8. The van der Waals surface area contributed by atoms with Crippen molar-refractivity contribution in [2.24, 2.45) is 0 Å². The molecule has 11 heteroatoms. The average Bonchev–Trinajstić information content (AvgIpc) is 3.52. The molecule has 0 amide bonds. The molecule has 0 aliphatic carbocycles. The molecule has 1 aliphatic heterocycles. The Morgan fingerprint density at radius 3 is 2.74 bits per heavy atom.